The Morgan fingerprint density at radius 3 is 2.29 bits per heavy atom. The van der Waals surface area contributed by atoms with E-state index >= 15 is 0 Å². The first-order valence-electron chi connectivity index (χ1n) is 16.1. The summed E-state index contributed by atoms with van der Waals surface area (Å²) in [6, 6.07) is 13.6. The second kappa shape index (κ2) is 18.6. The van der Waals surface area contributed by atoms with Crippen LogP contribution in [-0.4, -0.2) is 49.6 Å². The summed E-state index contributed by atoms with van der Waals surface area (Å²) in [5.41, 5.74) is 2.85. The van der Waals surface area contributed by atoms with Crippen LogP contribution in [0, 0.1) is 6.92 Å². The molecule has 12 nitrogen and oxygen atoms in total. The second-order valence-electron chi connectivity index (χ2n) is 11.8. The molecule has 4 N–H and O–H groups in total. The summed E-state index contributed by atoms with van der Waals surface area (Å²) < 4.78 is 51.6. The maximum atomic E-state index is 12.8. The summed E-state index contributed by atoms with van der Waals surface area (Å²) in [4.78, 5) is 33.3. The number of carbonyl (C=O) groups excluding carboxylic acids is 2. The number of sulfone groups is 1. The molecule has 0 spiro atoms. The minimum Gasteiger partial charge on any atom is -1.00 e. The van der Waals surface area contributed by atoms with Crippen molar-refractivity contribution in [2.24, 2.45) is 0 Å². The van der Waals surface area contributed by atoms with E-state index in [1.165, 1.54) is 12.1 Å². The van der Waals surface area contributed by atoms with Gasteiger partial charge in [-0.1, -0.05) is 44.4 Å². The van der Waals surface area contributed by atoms with Crippen molar-refractivity contribution in [2.75, 3.05) is 16.4 Å². The average molecular weight is 709 g/mol. The van der Waals surface area contributed by atoms with Gasteiger partial charge in [0.25, 0.3) is 10.0 Å². The van der Waals surface area contributed by atoms with Crippen LogP contribution in [0.15, 0.2) is 59.6 Å². The van der Waals surface area contributed by atoms with Crippen molar-refractivity contribution in [1.82, 2.24) is 20.0 Å². The number of anilines is 4. The van der Waals surface area contributed by atoms with Gasteiger partial charge >= 0.3 is 29.6 Å². The molecular formula is C33H45N6NaO6S2. The van der Waals surface area contributed by atoms with E-state index in [1.807, 2.05) is 38.1 Å². The number of nitrogens with one attached hydrogen (secondary N) is 4. The van der Waals surface area contributed by atoms with Gasteiger partial charge in [0.1, 0.15) is 5.82 Å². The first-order valence-corrected chi connectivity index (χ1v) is 19.3. The maximum Gasteiger partial charge on any atom is 1.00 e. The summed E-state index contributed by atoms with van der Waals surface area (Å²) in [7, 11) is -6.98. The van der Waals surface area contributed by atoms with Gasteiger partial charge in [0.2, 0.25) is 17.8 Å². The summed E-state index contributed by atoms with van der Waals surface area (Å²) in [5.74, 6) is 0.370. The molecule has 0 radical (unpaired) electrons. The Labute approximate surface area is 307 Å². The molecule has 4 rings (SSSR count). The molecule has 1 aliphatic carbocycles. The normalized spacial score (nSPS) is 12.9. The topological polar surface area (TPSA) is 176 Å². The van der Waals surface area contributed by atoms with E-state index in [-0.39, 0.29) is 65.2 Å². The molecule has 1 saturated carbocycles. The molecule has 48 heavy (non-hydrogen) atoms. The van der Waals surface area contributed by atoms with Gasteiger partial charge in [0.15, 0.2) is 9.84 Å². The third-order valence-corrected chi connectivity index (χ3v) is 11.4. The van der Waals surface area contributed by atoms with E-state index < -0.39 is 25.8 Å². The van der Waals surface area contributed by atoms with E-state index in [0.717, 1.165) is 42.5 Å². The Morgan fingerprint density at radius 2 is 1.56 bits per heavy atom. The Morgan fingerprint density at radius 1 is 0.875 bits per heavy atom. The van der Waals surface area contributed by atoms with Crippen LogP contribution in [0.25, 0.3) is 0 Å². The van der Waals surface area contributed by atoms with Crippen molar-refractivity contribution in [1.29, 1.82) is 0 Å². The monoisotopic (exact) mass is 708 g/mol. The Balaban J connectivity index is 0.00000417. The smallest absolute Gasteiger partial charge is 1.00 e. The van der Waals surface area contributed by atoms with Gasteiger partial charge in [-0.2, -0.15) is 4.98 Å². The molecule has 0 saturated heterocycles. The standard InChI is InChI=1S/C33H44N6O6S2.Na.H/c1-3-4-6-16-31(41)39-47(44,45)29-14-10-13-27(21-29)37-33-35-22-24(2)32(38-33)36-26-12-9-11-25(20-26)23-34-30(40)15-7-5-8-19-46(42,43)28-17-18-28;;/h9-14,20-22,28H,3-8,15-19,23H2,1-2H3,(H,34,40)(H,39,41)(H2,35,36,37,38);;/q;+1;-1. The number of nitrogens with zero attached hydrogens (tertiary/aromatic N) is 2. The zero-order chi connectivity index (χ0) is 33.9. The molecule has 0 bridgehead atoms. The number of hydrogen-bond acceptors (Lipinski definition) is 10. The van der Waals surface area contributed by atoms with E-state index in [2.05, 4.69) is 30.6 Å². The number of amides is 2. The molecule has 256 valence electrons. The zero-order valence-electron chi connectivity index (χ0n) is 28.9. The fourth-order valence-electron chi connectivity index (χ4n) is 4.84. The summed E-state index contributed by atoms with van der Waals surface area (Å²) >= 11 is 0. The third kappa shape index (κ3) is 12.8. The summed E-state index contributed by atoms with van der Waals surface area (Å²) in [5, 5.41) is 9.10. The van der Waals surface area contributed by atoms with Crippen LogP contribution in [0.3, 0.4) is 0 Å². The van der Waals surface area contributed by atoms with E-state index in [4.69, 9.17) is 0 Å². The third-order valence-electron chi connectivity index (χ3n) is 7.67. The molecule has 1 aliphatic rings. The van der Waals surface area contributed by atoms with Crippen LogP contribution in [0.2, 0.25) is 0 Å². The van der Waals surface area contributed by atoms with Crippen molar-refractivity contribution in [3.63, 3.8) is 0 Å². The molecule has 3 aromatic rings. The van der Waals surface area contributed by atoms with E-state index in [0.29, 0.717) is 50.2 Å². The van der Waals surface area contributed by atoms with Gasteiger partial charge < -0.3 is 17.4 Å². The first kappa shape index (κ1) is 39.4. The number of hydrogen-bond donors (Lipinski definition) is 4. The van der Waals surface area contributed by atoms with Gasteiger partial charge in [0.05, 0.1) is 15.9 Å². The second-order valence-corrected chi connectivity index (χ2v) is 15.9. The van der Waals surface area contributed by atoms with E-state index in [1.54, 1.807) is 18.3 Å². The zero-order valence-corrected chi connectivity index (χ0v) is 31.6. The van der Waals surface area contributed by atoms with E-state index in [9.17, 15) is 26.4 Å². The van der Waals surface area contributed by atoms with Gasteiger partial charge in [-0.05, 0) is 74.9 Å². The largest absolute Gasteiger partial charge is 1.00 e. The van der Waals surface area contributed by atoms with Crippen molar-refractivity contribution < 1.29 is 57.4 Å². The molecule has 15 heteroatoms. The van der Waals surface area contributed by atoms with Crippen molar-refractivity contribution in [3.8, 4) is 0 Å². The van der Waals surface area contributed by atoms with Crippen molar-refractivity contribution >= 4 is 54.8 Å². The first-order chi connectivity index (χ1) is 22.4. The fraction of sp³-hybridized carbons (Fsp3) is 0.455. The van der Waals surface area contributed by atoms with Gasteiger partial charge in [-0.3, -0.25) is 9.59 Å². The van der Waals surface area contributed by atoms with Gasteiger partial charge in [0, 0.05) is 42.5 Å². The predicted octanol–water partition coefficient (Wildman–Crippen LogP) is 2.53. The average Bonchev–Trinajstić information content (AvgIpc) is 3.89. The molecule has 0 aliphatic heterocycles. The van der Waals surface area contributed by atoms with Gasteiger partial charge in [-0.25, -0.2) is 26.5 Å². The molecule has 1 fully saturated rings. The Hall–Kier alpha value is -3.04. The van der Waals surface area contributed by atoms with Crippen LogP contribution in [0.5, 0.6) is 0 Å². The SMILES string of the molecule is CCCCCC(=O)NS(=O)(=O)c1cccc(Nc2ncc(C)c(Nc3cccc(CNC(=O)CCCCCS(=O)(=O)C4CC4)c3)n2)c1.[H-].[Na+]. The molecule has 0 atom stereocenters. The summed E-state index contributed by atoms with van der Waals surface area (Å²) in [6.45, 7) is 4.21. The van der Waals surface area contributed by atoms with Crippen molar-refractivity contribution in [2.45, 2.75) is 94.7 Å². The number of rotatable bonds is 19. The van der Waals surface area contributed by atoms with Crippen LogP contribution in [0.1, 0.15) is 83.7 Å². The number of benzene rings is 2. The molecule has 2 aromatic carbocycles. The fourth-order valence-corrected chi connectivity index (χ4v) is 7.69. The van der Waals surface area contributed by atoms with Crippen LogP contribution in [0.4, 0.5) is 23.1 Å². The maximum absolute atomic E-state index is 12.8. The number of carbonyl (C=O) groups is 2. The summed E-state index contributed by atoms with van der Waals surface area (Å²) in [6.07, 6.45) is 8.05. The number of aromatic nitrogens is 2. The quantitative estimate of drug-likeness (QED) is 0.107. The minimum atomic E-state index is -4.03. The molecule has 1 aromatic heterocycles. The number of sulfonamides is 1. The number of unbranched alkanes of at least 4 members (excludes halogenated alkanes) is 4. The van der Waals surface area contributed by atoms with Crippen LogP contribution < -0.4 is 50.2 Å². The minimum absolute atomic E-state index is 0. The van der Waals surface area contributed by atoms with Gasteiger partial charge in [-0.15, -0.1) is 0 Å². The molecule has 0 unspecified atom stereocenters. The molecular weight excluding hydrogens is 664 g/mol. The predicted molar refractivity (Wildman–Crippen MR) is 184 cm³/mol. The molecule has 2 amide bonds. The van der Waals surface area contributed by atoms with Crippen molar-refractivity contribution in [3.05, 3.63) is 65.9 Å². The number of aryl methyl sites for hydroxylation is 1. The molecule has 1 heterocycles. The Kier molecular flexibility index (Phi) is 15.3. The van der Waals surface area contributed by atoms with Crippen LogP contribution >= 0.6 is 0 Å². The Bertz CT molecular complexity index is 1770. The van der Waals surface area contributed by atoms with Crippen LogP contribution in [-0.2, 0) is 36.0 Å².